The lowest BCUT2D eigenvalue weighted by Gasteiger charge is -1.97. The van der Waals surface area contributed by atoms with E-state index < -0.39 is 0 Å². The number of hydrogen-bond acceptors (Lipinski definition) is 2. The van der Waals surface area contributed by atoms with Crippen LogP contribution in [0.15, 0.2) is 13.9 Å². The second kappa shape index (κ2) is 3.34. The van der Waals surface area contributed by atoms with Crippen LogP contribution in [-0.2, 0) is 6.73 Å². The van der Waals surface area contributed by atoms with E-state index in [1.165, 1.54) is 0 Å². The standard InChI is InChI=1S/C4H3Br3N2O/c5-2-3(6)9(1-10)4(7)8-2/h10H,1H2. The van der Waals surface area contributed by atoms with Crippen LogP contribution in [0.25, 0.3) is 0 Å². The van der Waals surface area contributed by atoms with Crippen molar-refractivity contribution < 1.29 is 5.11 Å². The third kappa shape index (κ3) is 1.44. The lowest BCUT2D eigenvalue weighted by atomic mass is 10.9. The highest BCUT2D eigenvalue weighted by molar-refractivity contribution is 9.13. The molecule has 0 saturated heterocycles. The molecule has 0 radical (unpaired) electrons. The molecule has 0 atom stereocenters. The van der Waals surface area contributed by atoms with Gasteiger partial charge in [0.15, 0.2) is 4.73 Å². The van der Waals surface area contributed by atoms with E-state index in [4.69, 9.17) is 5.11 Å². The second-order valence-electron chi connectivity index (χ2n) is 1.53. The van der Waals surface area contributed by atoms with Crippen molar-refractivity contribution in [3.8, 4) is 0 Å². The third-order valence-electron chi connectivity index (χ3n) is 0.962. The molecule has 0 saturated carbocycles. The summed E-state index contributed by atoms with van der Waals surface area (Å²) in [5.74, 6) is 0. The number of aromatic nitrogens is 2. The first-order valence-corrected chi connectivity index (χ1v) is 4.72. The van der Waals surface area contributed by atoms with Gasteiger partial charge in [0, 0.05) is 0 Å². The van der Waals surface area contributed by atoms with Gasteiger partial charge < -0.3 is 5.11 Å². The summed E-state index contributed by atoms with van der Waals surface area (Å²) in [5.41, 5.74) is 0. The van der Waals surface area contributed by atoms with E-state index in [0.29, 0.717) is 9.34 Å². The summed E-state index contributed by atoms with van der Waals surface area (Å²) in [6, 6.07) is 0. The van der Waals surface area contributed by atoms with E-state index >= 15 is 0 Å². The summed E-state index contributed by atoms with van der Waals surface area (Å²) in [5, 5.41) is 8.75. The molecule has 3 nitrogen and oxygen atoms in total. The first kappa shape index (κ1) is 8.70. The highest BCUT2D eigenvalue weighted by Crippen LogP contribution is 2.25. The van der Waals surface area contributed by atoms with Gasteiger partial charge in [-0.2, -0.15) is 0 Å². The molecule has 1 N–H and O–H groups in total. The van der Waals surface area contributed by atoms with E-state index in [9.17, 15) is 0 Å². The maximum absolute atomic E-state index is 8.75. The highest BCUT2D eigenvalue weighted by Gasteiger charge is 2.08. The lowest BCUT2D eigenvalue weighted by molar-refractivity contribution is 0.205. The van der Waals surface area contributed by atoms with Crippen molar-refractivity contribution in [2.45, 2.75) is 6.73 Å². The van der Waals surface area contributed by atoms with Crippen LogP contribution in [0.5, 0.6) is 0 Å². The SMILES string of the molecule is OCn1c(Br)nc(Br)c1Br. The van der Waals surface area contributed by atoms with Crippen LogP contribution < -0.4 is 0 Å². The van der Waals surface area contributed by atoms with Crippen LogP contribution in [-0.4, -0.2) is 14.7 Å². The van der Waals surface area contributed by atoms with Crippen LogP contribution in [0, 0.1) is 0 Å². The Morgan fingerprint density at radius 1 is 1.40 bits per heavy atom. The number of hydrogen-bond donors (Lipinski definition) is 1. The molecule has 1 heterocycles. The van der Waals surface area contributed by atoms with E-state index in [1.54, 1.807) is 4.57 Å². The minimum atomic E-state index is -0.0975. The highest BCUT2D eigenvalue weighted by atomic mass is 79.9. The molecule has 0 fully saturated rings. The topological polar surface area (TPSA) is 38.0 Å². The first-order chi connectivity index (χ1) is 4.66. The number of halogens is 3. The van der Waals surface area contributed by atoms with Crippen LogP contribution in [0.3, 0.4) is 0 Å². The monoisotopic (exact) mass is 332 g/mol. The van der Waals surface area contributed by atoms with Gasteiger partial charge in [-0.3, -0.25) is 4.57 Å². The van der Waals surface area contributed by atoms with Crippen LogP contribution in [0.1, 0.15) is 0 Å². The smallest absolute Gasteiger partial charge is 0.181 e. The van der Waals surface area contributed by atoms with Crippen molar-refractivity contribution in [1.29, 1.82) is 0 Å². The van der Waals surface area contributed by atoms with Gasteiger partial charge >= 0.3 is 0 Å². The fraction of sp³-hybridized carbons (Fsp3) is 0.250. The summed E-state index contributed by atoms with van der Waals surface area (Å²) < 4.78 is 3.55. The molecule has 0 amide bonds. The van der Waals surface area contributed by atoms with Gasteiger partial charge in [-0.25, -0.2) is 4.98 Å². The summed E-state index contributed by atoms with van der Waals surface area (Å²) in [6.07, 6.45) is 0. The molecule has 10 heavy (non-hydrogen) atoms. The predicted octanol–water partition coefficient (Wildman–Crippen LogP) is 2.12. The zero-order chi connectivity index (χ0) is 7.72. The summed E-state index contributed by atoms with van der Waals surface area (Å²) in [6.45, 7) is -0.0975. The fourth-order valence-electron chi connectivity index (χ4n) is 0.500. The Balaban J connectivity index is 3.20. The maximum Gasteiger partial charge on any atom is 0.181 e. The van der Waals surface area contributed by atoms with Gasteiger partial charge in [-0.15, -0.1) is 0 Å². The minimum absolute atomic E-state index is 0.0975. The quantitative estimate of drug-likeness (QED) is 0.854. The Bertz CT molecular complexity index is 247. The number of aliphatic hydroxyl groups is 1. The molecule has 6 heteroatoms. The van der Waals surface area contributed by atoms with Crippen molar-refractivity contribution in [1.82, 2.24) is 9.55 Å². The molecule has 0 unspecified atom stereocenters. The molecule has 0 aliphatic heterocycles. The van der Waals surface area contributed by atoms with Gasteiger partial charge in [0.25, 0.3) is 0 Å². The minimum Gasteiger partial charge on any atom is -0.376 e. The molecule has 0 bridgehead atoms. The Hall–Kier alpha value is 0.610. The lowest BCUT2D eigenvalue weighted by Crippen LogP contribution is -1.96. The summed E-state index contributed by atoms with van der Waals surface area (Å²) in [7, 11) is 0. The van der Waals surface area contributed by atoms with Crippen molar-refractivity contribution in [2.75, 3.05) is 0 Å². The van der Waals surface area contributed by atoms with Crippen molar-refractivity contribution in [3.05, 3.63) is 13.9 Å². The van der Waals surface area contributed by atoms with E-state index in [1.807, 2.05) is 0 Å². The third-order valence-corrected chi connectivity index (χ3v) is 3.46. The van der Waals surface area contributed by atoms with Gasteiger partial charge in [-0.05, 0) is 47.8 Å². The molecule has 1 aromatic heterocycles. The van der Waals surface area contributed by atoms with E-state index in [-0.39, 0.29) is 6.73 Å². The molecular formula is C4H3Br3N2O. The van der Waals surface area contributed by atoms with Crippen LogP contribution >= 0.6 is 47.8 Å². The Kier molecular flexibility index (Phi) is 2.91. The van der Waals surface area contributed by atoms with Crippen molar-refractivity contribution in [3.63, 3.8) is 0 Å². The molecule has 0 aliphatic rings. The average molecular weight is 335 g/mol. The Morgan fingerprint density at radius 2 is 2.00 bits per heavy atom. The molecule has 1 rings (SSSR count). The first-order valence-electron chi connectivity index (χ1n) is 2.34. The van der Waals surface area contributed by atoms with Gasteiger partial charge in [0.05, 0.1) is 0 Å². The van der Waals surface area contributed by atoms with Gasteiger partial charge in [0.2, 0.25) is 0 Å². The van der Waals surface area contributed by atoms with E-state index in [2.05, 4.69) is 52.8 Å². The maximum atomic E-state index is 8.75. The fourth-order valence-corrected chi connectivity index (χ4v) is 2.19. The predicted molar refractivity (Wildman–Crippen MR) is 47.5 cm³/mol. The number of nitrogens with zero attached hydrogens (tertiary/aromatic N) is 2. The average Bonchev–Trinajstić information content (AvgIpc) is 2.09. The number of aliphatic hydroxyl groups excluding tert-OH is 1. The molecule has 1 aromatic rings. The molecule has 0 aromatic carbocycles. The molecule has 0 spiro atoms. The van der Waals surface area contributed by atoms with E-state index in [0.717, 1.165) is 4.60 Å². The largest absolute Gasteiger partial charge is 0.376 e. The van der Waals surface area contributed by atoms with Gasteiger partial charge in [-0.1, -0.05) is 0 Å². The van der Waals surface area contributed by atoms with Gasteiger partial charge in [0.1, 0.15) is 15.9 Å². The second-order valence-corrected chi connectivity index (χ2v) is 3.74. The van der Waals surface area contributed by atoms with Crippen molar-refractivity contribution in [2.24, 2.45) is 0 Å². The molecular weight excluding hydrogens is 332 g/mol. The van der Waals surface area contributed by atoms with Crippen LogP contribution in [0.4, 0.5) is 0 Å². The summed E-state index contributed by atoms with van der Waals surface area (Å²) >= 11 is 9.57. The Labute approximate surface area is 82.8 Å². The summed E-state index contributed by atoms with van der Waals surface area (Å²) in [4.78, 5) is 3.97. The molecule has 0 aliphatic carbocycles. The normalized spacial score (nSPS) is 10.4. The zero-order valence-corrected chi connectivity index (χ0v) is 9.44. The zero-order valence-electron chi connectivity index (χ0n) is 4.68. The number of rotatable bonds is 1. The molecule has 56 valence electrons. The van der Waals surface area contributed by atoms with Crippen LogP contribution in [0.2, 0.25) is 0 Å². The Morgan fingerprint density at radius 3 is 2.20 bits per heavy atom. The van der Waals surface area contributed by atoms with Crippen molar-refractivity contribution >= 4 is 47.8 Å². The number of imidazole rings is 1.